The Balaban J connectivity index is 2.92. The molecule has 1 aromatic rings. The summed E-state index contributed by atoms with van der Waals surface area (Å²) in [5.41, 5.74) is 7.72. The number of carbonyl (C=O) groups excluding carboxylic acids is 1. The van der Waals surface area contributed by atoms with Gasteiger partial charge in [0.2, 0.25) is 0 Å². The first-order chi connectivity index (χ1) is 7.43. The average Bonchev–Trinajstić information content (AvgIpc) is 2.20. The summed E-state index contributed by atoms with van der Waals surface area (Å²) in [6.45, 7) is 3.78. The Kier molecular flexibility index (Phi) is 3.90. The van der Waals surface area contributed by atoms with Gasteiger partial charge in [0.15, 0.2) is 0 Å². The van der Waals surface area contributed by atoms with E-state index in [9.17, 15) is 9.90 Å². The number of benzene rings is 1. The van der Waals surface area contributed by atoms with Gasteiger partial charge >= 0.3 is 0 Å². The van der Waals surface area contributed by atoms with Crippen molar-refractivity contribution in [1.82, 2.24) is 4.90 Å². The molecule has 3 N–H and O–H groups in total. The third-order valence-electron chi connectivity index (χ3n) is 2.49. The number of aliphatic hydroxyl groups excluding tert-OH is 1. The number of hydrogen-bond acceptors (Lipinski definition) is 3. The molecule has 0 aliphatic heterocycles. The zero-order chi connectivity index (χ0) is 12.3. The van der Waals surface area contributed by atoms with Gasteiger partial charge in [0.25, 0.3) is 5.91 Å². The maximum atomic E-state index is 12.0. The van der Waals surface area contributed by atoms with Gasteiger partial charge in [0, 0.05) is 24.8 Å². The van der Waals surface area contributed by atoms with E-state index < -0.39 is 6.10 Å². The fraction of sp³-hybridized carbons (Fsp3) is 0.417. The smallest absolute Gasteiger partial charge is 0.254 e. The van der Waals surface area contributed by atoms with Crippen LogP contribution < -0.4 is 5.73 Å². The van der Waals surface area contributed by atoms with Crippen LogP contribution in [0.2, 0.25) is 0 Å². The van der Waals surface area contributed by atoms with Crippen molar-refractivity contribution in [2.45, 2.75) is 20.0 Å². The van der Waals surface area contributed by atoms with E-state index in [1.165, 1.54) is 4.90 Å². The molecule has 4 heteroatoms. The molecule has 0 aliphatic rings. The summed E-state index contributed by atoms with van der Waals surface area (Å²) in [7, 11) is 1.66. The van der Waals surface area contributed by atoms with Crippen molar-refractivity contribution >= 4 is 11.6 Å². The van der Waals surface area contributed by atoms with Gasteiger partial charge in [-0.3, -0.25) is 4.79 Å². The summed E-state index contributed by atoms with van der Waals surface area (Å²) >= 11 is 0. The number of hydrogen-bond donors (Lipinski definition) is 2. The Bertz CT molecular complexity index is 389. The first-order valence-corrected chi connectivity index (χ1v) is 5.22. The topological polar surface area (TPSA) is 66.6 Å². The van der Waals surface area contributed by atoms with Gasteiger partial charge in [-0.1, -0.05) is 6.07 Å². The zero-order valence-corrected chi connectivity index (χ0v) is 9.90. The van der Waals surface area contributed by atoms with Crippen LogP contribution in [-0.4, -0.2) is 35.6 Å². The molecule has 88 valence electrons. The number of nitrogens with two attached hydrogens (primary N) is 1. The summed E-state index contributed by atoms with van der Waals surface area (Å²) in [6, 6.07) is 5.26. The lowest BCUT2D eigenvalue weighted by molar-refractivity contribution is 0.0703. The number of nitrogen functional groups attached to an aromatic ring is 1. The van der Waals surface area contributed by atoms with Gasteiger partial charge in [-0.2, -0.15) is 0 Å². The van der Waals surface area contributed by atoms with E-state index in [-0.39, 0.29) is 5.91 Å². The molecule has 1 atom stereocenters. The summed E-state index contributed by atoms with van der Waals surface area (Å²) in [5.74, 6) is -0.120. The van der Waals surface area contributed by atoms with Crippen molar-refractivity contribution in [3.63, 3.8) is 0 Å². The molecule has 0 aliphatic carbocycles. The van der Waals surface area contributed by atoms with Crippen molar-refractivity contribution in [3.8, 4) is 0 Å². The monoisotopic (exact) mass is 222 g/mol. The highest BCUT2D eigenvalue weighted by Crippen LogP contribution is 2.16. The van der Waals surface area contributed by atoms with Crippen LogP contribution in [0.1, 0.15) is 22.8 Å². The number of amides is 1. The number of aliphatic hydroxyl groups is 1. The molecule has 4 nitrogen and oxygen atoms in total. The molecular weight excluding hydrogens is 204 g/mol. The van der Waals surface area contributed by atoms with E-state index >= 15 is 0 Å². The molecule has 0 saturated heterocycles. The van der Waals surface area contributed by atoms with Crippen molar-refractivity contribution in [2.75, 3.05) is 19.3 Å². The highest BCUT2D eigenvalue weighted by atomic mass is 16.3. The molecule has 0 radical (unpaired) electrons. The molecule has 0 heterocycles. The van der Waals surface area contributed by atoms with E-state index in [0.29, 0.717) is 17.8 Å². The second-order valence-corrected chi connectivity index (χ2v) is 4.05. The predicted octanol–water partition coefficient (Wildman–Crippen LogP) is 1.03. The minimum absolute atomic E-state index is 0.120. The van der Waals surface area contributed by atoms with Crippen molar-refractivity contribution in [2.24, 2.45) is 0 Å². The number of rotatable bonds is 3. The second kappa shape index (κ2) is 4.99. The third-order valence-corrected chi connectivity index (χ3v) is 2.49. The molecule has 0 aromatic heterocycles. The van der Waals surface area contributed by atoms with Crippen LogP contribution in [0.25, 0.3) is 0 Å². The maximum absolute atomic E-state index is 12.0. The Morgan fingerprint density at radius 2 is 2.19 bits per heavy atom. The Morgan fingerprint density at radius 1 is 1.56 bits per heavy atom. The Labute approximate surface area is 95.7 Å². The lowest BCUT2D eigenvalue weighted by atomic mass is 10.1. The number of likely N-dealkylation sites (N-methyl/N-ethyl adjacent to an activating group) is 1. The highest BCUT2D eigenvalue weighted by Gasteiger charge is 2.16. The first kappa shape index (κ1) is 12.5. The second-order valence-electron chi connectivity index (χ2n) is 4.05. The quantitative estimate of drug-likeness (QED) is 0.751. The van der Waals surface area contributed by atoms with Crippen molar-refractivity contribution in [1.29, 1.82) is 0 Å². The Morgan fingerprint density at radius 3 is 2.75 bits per heavy atom. The molecule has 1 unspecified atom stereocenters. The Hall–Kier alpha value is -1.55. The van der Waals surface area contributed by atoms with Gasteiger partial charge in [-0.25, -0.2) is 0 Å². The van der Waals surface area contributed by atoms with Crippen LogP contribution in [0.3, 0.4) is 0 Å². The van der Waals surface area contributed by atoms with Crippen LogP contribution in [0.15, 0.2) is 18.2 Å². The molecule has 0 bridgehead atoms. The summed E-state index contributed by atoms with van der Waals surface area (Å²) < 4.78 is 0. The fourth-order valence-corrected chi connectivity index (χ4v) is 1.57. The van der Waals surface area contributed by atoms with Gasteiger partial charge < -0.3 is 15.7 Å². The van der Waals surface area contributed by atoms with Crippen LogP contribution in [-0.2, 0) is 0 Å². The van der Waals surface area contributed by atoms with Crippen LogP contribution in [0, 0.1) is 6.92 Å². The van der Waals surface area contributed by atoms with Gasteiger partial charge in [0.05, 0.1) is 6.10 Å². The summed E-state index contributed by atoms with van der Waals surface area (Å²) in [4.78, 5) is 13.5. The molecule has 16 heavy (non-hydrogen) atoms. The van der Waals surface area contributed by atoms with E-state index in [1.807, 2.05) is 6.92 Å². The largest absolute Gasteiger partial charge is 0.398 e. The standard InChI is InChI=1S/C12H18N2O2/c1-8(15)7-14(3)12(16)10-5-4-6-11(13)9(10)2/h4-6,8,15H,7,13H2,1-3H3. The molecule has 0 saturated carbocycles. The minimum atomic E-state index is -0.532. The maximum Gasteiger partial charge on any atom is 0.254 e. The van der Waals surface area contributed by atoms with Gasteiger partial charge in [0.1, 0.15) is 0 Å². The zero-order valence-electron chi connectivity index (χ0n) is 9.90. The summed E-state index contributed by atoms with van der Waals surface area (Å²) in [5, 5.41) is 9.22. The minimum Gasteiger partial charge on any atom is -0.398 e. The summed E-state index contributed by atoms with van der Waals surface area (Å²) in [6.07, 6.45) is -0.532. The van der Waals surface area contributed by atoms with Gasteiger partial charge in [-0.05, 0) is 31.5 Å². The molecule has 0 spiro atoms. The SMILES string of the molecule is Cc1c(N)cccc1C(=O)N(C)CC(C)O. The molecule has 1 rings (SSSR count). The van der Waals surface area contributed by atoms with Crippen LogP contribution in [0.4, 0.5) is 5.69 Å². The number of anilines is 1. The normalized spacial score (nSPS) is 12.2. The van der Waals surface area contributed by atoms with Crippen LogP contribution in [0.5, 0.6) is 0 Å². The predicted molar refractivity (Wildman–Crippen MR) is 64.2 cm³/mol. The van der Waals surface area contributed by atoms with Gasteiger partial charge in [-0.15, -0.1) is 0 Å². The third kappa shape index (κ3) is 2.73. The van der Waals surface area contributed by atoms with Crippen LogP contribution >= 0.6 is 0 Å². The van der Waals surface area contributed by atoms with Crippen molar-refractivity contribution < 1.29 is 9.90 Å². The molecule has 0 fully saturated rings. The molecule has 1 aromatic carbocycles. The lowest BCUT2D eigenvalue weighted by Crippen LogP contribution is -2.33. The lowest BCUT2D eigenvalue weighted by Gasteiger charge is -2.20. The first-order valence-electron chi connectivity index (χ1n) is 5.22. The van der Waals surface area contributed by atoms with E-state index in [0.717, 1.165) is 5.56 Å². The highest BCUT2D eigenvalue weighted by molar-refractivity contribution is 5.96. The fourth-order valence-electron chi connectivity index (χ4n) is 1.57. The number of nitrogens with zero attached hydrogens (tertiary/aromatic N) is 1. The molecule has 1 amide bonds. The number of carbonyl (C=O) groups is 1. The van der Waals surface area contributed by atoms with Crippen molar-refractivity contribution in [3.05, 3.63) is 29.3 Å². The van der Waals surface area contributed by atoms with E-state index in [4.69, 9.17) is 5.73 Å². The van der Waals surface area contributed by atoms with E-state index in [1.54, 1.807) is 32.2 Å². The average molecular weight is 222 g/mol. The van der Waals surface area contributed by atoms with E-state index in [2.05, 4.69) is 0 Å². The molecular formula is C12H18N2O2.